The molecule has 1 atom stereocenters. The Kier molecular flexibility index (Phi) is 4.93. The smallest absolute Gasteiger partial charge is 0.293 e. The van der Waals surface area contributed by atoms with E-state index in [-0.39, 0.29) is 11.9 Å². The van der Waals surface area contributed by atoms with Gasteiger partial charge in [-0.05, 0) is 24.1 Å². The largest absolute Gasteiger partial charge is 0.495 e. The summed E-state index contributed by atoms with van der Waals surface area (Å²) in [5.41, 5.74) is 1.94. The first-order valence-corrected chi connectivity index (χ1v) is 7.09. The molecule has 0 bridgehead atoms. The van der Waals surface area contributed by atoms with Gasteiger partial charge in [0, 0.05) is 19.1 Å². The van der Waals surface area contributed by atoms with E-state index in [2.05, 4.69) is 12.2 Å². The van der Waals surface area contributed by atoms with E-state index in [1.807, 2.05) is 60.3 Å². The van der Waals surface area contributed by atoms with Gasteiger partial charge in [-0.1, -0.05) is 19.1 Å². The first-order valence-electron chi connectivity index (χ1n) is 7.09. The van der Waals surface area contributed by atoms with Gasteiger partial charge in [0.15, 0.2) is 12.4 Å². The summed E-state index contributed by atoms with van der Waals surface area (Å²) >= 11 is 0. The third-order valence-corrected chi connectivity index (χ3v) is 3.52. The van der Waals surface area contributed by atoms with Gasteiger partial charge < -0.3 is 10.1 Å². The van der Waals surface area contributed by atoms with E-state index in [1.54, 1.807) is 7.11 Å². The maximum Gasteiger partial charge on any atom is 0.293 e. The number of carbonyl (C=O) groups is 1. The number of pyridine rings is 1. The van der Waals surface area contributed by atoms with Gasteiger partial charge in [0.1, 0.15) is 5.75 Å². The summed E-state index contributed by atoms with van der Waals surface area (Å²) in [4.78, 5) is 12.3. The topological polar surface area (TPSA) is 42.2 Å². The molecule has 0 aliphatic heterocycles. The molecule has 0 aliphatic carbocycles. The Labute approximate surface area is 125 Å². The number of nitrogens with zero attached hydrogens (tertiary/aromatic N) is 1. The van der Waals surface area contributed by atoms with Crippen LogP contribution in [0.4, 0.5) is 5.69 Å². The number of para-hydroxylation sites is 2. The lowest BCUT2D eigenvalue weighted by molar-refractivity contribution is -0.705. The van der Waals surface area contributed by atoms with Crippen molar-refractivity contribution in [1.29, 1.82) is 0 Å². The number of methoxy groups -OCH3 is 1. The minimum Gasteiger partial charge on any atom is -0.495 e. The molecule has 2 aromatic rings. The first kappa shape index (κ1) is 15.0. The first-order chi connectivity index (χ1) is 10.2. The van der Waals surface area contributed by atoms with E-state index >= 15 is 0 Å². The molecule has 1 N–H and O–H groups in total. The SMILES string of the molecule is CCc1cc[n+]([C@H](C)C(=O)Nc2ccccc2OC)cc1. The molecule has 4 heteroatoms. The Balaban J connectivity index is 2.11. The molecule has 21 heavy (non-hydrogen) atoms. The van der Waals surface area contributed by atoms with Gasteiger partial charge >= 0.3 is 0 Å². The highest BCUT2D eigenvalue weighted by molar-refractivity contribution is 5.93. The van der Waals surface area contributed by atoms with Gasteiger partial charge in [-0.25, -0.2) is 0 Å². The molecule has 0 radical (unpaired) electrons. The molecule has 0 fully saturated rings. The zero-order valence-electron chi connectivity index (χ0n) is 12.7. The molecule has 0 aliphatic rings. The predicted molar refractivity (Wildman–Crippen MR) is 82.3 cm³/mol. The minimum atomic E-state index is -0.291. The van der Waals surface area contributed by atoms with E-state index in [4.69, 9.17) is 4.74 Å². The third kappa shape index (κ3) is 3.60. The molecule has 0 saturated heterocycles. The van der Waals surface area contributed by atoms with Gasteiger partial charge in [-0.2, -0.15) is 4.57 Å². The zero-order valence-corrected chi connectivity index (χ0v) is 12.7. The molecular weight excluding hydrogens is 264 g/mol. The number of benzene rings is 1. The van der Waals surface area contributed by atoms with Crippen molar-refractivity contribution in [1.82, 2.24) is 0 Å². The van der Waals surface area contributed by atoms with Gasteiger partial charge in [-0.15, -0.1) is 0 Å². The summed E-state index contributed by atoms with van der Waals surface area (Å²) in [6.07, 6.45) is 4.86. The summed E-state index contributed by atoms with van der Waals surface area (Å²) in [5, 5.41) is 2.90. The molecule has 4 nitrogen and oxygen atoms in total. The quantitative estimate of drug-likeness (QED) is 0.858. The molecule has 2 rings (SSSR count). The Bertz CT molecular complexity index is 608. The van der Waals surface area contributed by atoms with Crippen molar-refractivity contribution in [2.45, 2.75) is 26.3 Å². The lowest BCUT2D eigenvalue weighted by Gasteiger charge is -2.11. The van der Waals surface area contributed by atoms with Crippen LogP contribution in [0.1, 0.15) is 25.5 Å². The number of aryl methyl sites for hydroxylation is 1. The second-order valence-electron chi connectivity index (χ2n) is 4.87. The second-order valence-corrected chi connectivity index (χ2v) is 4.87. The highest BCUT2D eigenvalue weighted by Crippen LogP contribution is 2.23. The fourth-order valence-corrected chi connectivity index (χ4v) is 2.08. The van der Waals surface area contributed by atoms with Crippen molar-refractivity contribution in [3.05, 3.63) is 54.4 Å². The van der Waals surface area contributed by atoms with Crippen LogP contribution in [0.2, 0.25) is 0 Å². The van der Waals surface area contributed by atoms with Crippen LogP contribution in [0.25, 0.3) is 0 Å². The lowest BCUT2D eigenvalue weighted by Crippen LogP contribution is -2.44. The van der Waals surface area contributed by atoms with Crippen LogP contribution < -0.4 is 14.6 Å². The van der Waals surface area contributed by atoms with Crippen LogP contribution in [0.15, 0.2) is 48.8 Å². The van der Waals surface area contributed by atoms with Gasteiger partial charge in [-0.3, -0.25) is 4.79 Å². The Morgan fingerprint density at radius 2 is 1.90 bits per heavy atom. The number of hydrogen-bond donors (Lipinski definition) is 1. The number of carbonyl (C=O) groups excluding carboxylic acids is 1. The number of nitrogens with one attached hydrogen (secondary N) is 1. The molecule has 1 heterocycles. The van der Waals surface area contributed by atoms with E-state index in [0.717, 1.165) is 6.42 Å². The summed E-state index contributed by atoms with van der Waals surface area (Å²) in [6.45, 7) is 3.98. The minimum absolute atomic E-state index is 0.0752. The van der Waals surface area contributed by atoms with E-state index in [1.165, 1.54) is 5.56 Å². The van der Waals surface area contributed by atoms with Crippen LogP contribution in [-0.4, -0.2) is 13.0 Å². The fraction of sp³-hybridized carbons (Fsp3) is 0.294. The maximum atomic E-state index is 12.3. The highest BCUT2D eigenvalue weighted by Gasteiger charge is 2.22. The number of rotatable bonds is 5. The van der Waals surface area contributed by atoms with E-state index < -0.39 is 0 Å². The van der Waals surface area contributed by atoms with E-state index in [9.17, 15) is 4.79 Å². The van der Waals surface area contributed by atoms with Crippen molar-refractivity contribution in [2.24, 2.45) is 0 Å². The normalized spacial score (nSPS) is 11.8. The van der Waals surface area contributed by atoms with Crippen LogP contribution >= 0.6 is 0 Å². The predicted octanol–water partition coefficient (Wildman–Crippen LogP) is 2.74. The molecule has 110 valence electrons. The number of ether oxygens (including phenoxy) is 1. The monoisotopic (exact) mass is 285 g/mol. The summed E-state index contributed by atoms with van der Waals surface area (Å²) < 4.78 is 7.13. The van der Waals surface area contributed by atoms with E-state index in [0.29, 0.717) is 11.4 Å². The second kappa shape index (κ2) is 6.88. The molecule has 1 aromatic carbocycles. The van der Waals surface area contributed by atoms with Crippen LogP contribution in [0, 0.1) is 0 Å². The zero-order chi connectivity index (χ0) is 15.2. The molecule has 0 spiro atoms. The van der Waals surface area contributed by atoms with Crippen LogP contribution in [0.5, 0.6) is 5.75 Å². The van der Waals surface area contributed by atoms with Gasteiger partial charge in [0.2, 0.25) is 6.04 Å². The number of anilines is 1. The van der Waals surface area contributed by atoms with Crippen LogP contribution in [-0.2, 0) is 11.2 Å². The Morgan fingerprint density at radius 1 is 1.24 bits per heavy atom. The molecule has 1 aromatic heterocycles. The number of amides is 1. The maximum absolute atomic E-state index is 12.3. The van der Waals surface area contributed by atoms with Crippen molar-refractivity contribution < 1.29 is 14.1 Å². The van der Waals surface area contributed by atoms with Crippen LogP contribution in [0.3, 0.4) is 0 Å². The highest BCUT2D eigenvalue weighted by atomic mass is 16.5. The average Bonchev–Trinajstić information content (AvgIpc) is 2.54. The van der Waals surface area contributed by atoms with Crippen molar-refractivity contribution in [3.8, 4) is 5.75 Å². The Morgan fingerprint density at radius 3 is 2.52 bits per heavy atom. The number of hydrogen-bond acceptors (Lipinski definition) is 2. The summed E-state index contributed by atoms with van der Waals surface area (Å²) in [5.74, 6) is 0.582. The Hall–Kier alpha value is -2.36. The lowest BCUT2D eigenvalue weighted by atomic mass is 10.2. The molecule has 0 unspecified atom stereocenters. The van der Waals surface area contributed by atoms with Gasteiger partial charge in [0.25, 0.3) is 5.91 Å². The molecule has 1 amide bonds. The average molecular weight is 285 g/mol. The number of aromatic nitrogens is 1. The molecule has 0 saturated carbocycles. The molecular formula is C17H21N2O2+. The van der Waals surface area contributed by atoms with Crippen molar-refractivity contribution in [2.75, 3.05) is 12.4 Å². The fourth-order valence-electron chi connectivity index (χ4n) is 2.08. The summed E-state index contributed by atoms with van der Waals surface area (Å²) in [6, 6.07) is 11.2. The standard InChI is InChI=1S/C17H20N2O2/c1-4-14-9-11-19(12-10-14)13(2)17(20)18-15-7-5-6-8-16(15)21-3/h5-13H,4H2,1-3H3/p+1/t13-/m1/s1. The summed E-state index contributed by atoms with van der Waals surface area (Å²) in [7, 11) is 1.59. The third-order valence-electron chi connectivity index (χ3n) is 3.52. The van der Waals surface area contributed by atoms with Crippen molar-refractivity contribution >= 4 is 11.6 Å². The van der Waals surface area contributed by atoms with Crippen molar-refractivity contribution in [3.63, 3.8) is 0 Å². The van der Waals surface area contributed by atoms with Gasteiger partial charge in [0.05, 0.1) is 12.8 Å².